The predicted octanol–water partition coefficient (Wildman–Crippen LogP) is 1.09. The normalized spacial score (nSPS) is 16.0. The van der Waals surface area contributed by atoms with Gasteiger partial charge in [-0.1, -0.05) is 13.3 Å². The van der Waals surface area contributed by atoms with Gasteiger partial charge in [0.2, 0.25) is 0 Å². The lowest BCUT2D eigenvalue weighted by molar-refractivity contribution is 0.421. The molecule has 0 aromatic carbocycles. The van der Waals surface area contributed by atoms with Crippen molar-refractivity contribution in [3.05, 3.63) is 11.6 Å². The van der Waals surface area contributed by atoms with Crippen LogP contribution in [-0.4, -0.2) is 15.2 Å². The second-order valence-corrected chi connectivity index (χ2v) is 3.41. The highest BCUT2D eigenvalue weighted by Gasteiger charge is 2.24. The number of hydrogen-bond donors (Lipinski definition) is 2. The standard InChI is InChI=1S/C8H16N4/c1-4-5-8(3,9)7-10-6(2)11-12-7/h4-5,9H2,1-3H3,(H,10,11,12). The van der Waals surface area contributed by atoms with Crippen LogP contribution in [0, 0.1) is 6.92 Å². The second-order valence-electron chi connectivity index (χ2n) is 3.41. The Morgan fingerprint density at radius 3 is 2.67 bits per heavy atom. The van der Waals surface area contributed by atoms with Crippen LogP contribution in [0.4, 0.5) is 0 Å². The summed E-state index contributed by atoms with van der Waals surface area (Å²) in [5.41, 5.74) is 5.63. The lowest BCUT2D eigenvalue weighted by Crippen LogP contribution is -2.34. The molecule has 1 unspecified atom stereocenters. The van der Waals surface area contributed by atoms with Crippen molar-refractivity contribution >= 4 is 0 Å². The van der Waals surface area contributed by atoms with E-state index >= 15 is 0 Å². The Kier molecular flexibility index (Phi) is 2.47. The van der Waals surface area contributed by atoms with Crippen molar-refractivity contribution in [1.82, 2.24) is 15.2 Å². The summed E-state index contributed by atoms with van der Waals surface area (Å²) in [6.07, 6.45) is 1.95. The molecule has 0 aliphatic rings. The first kappa shape index (κ1) is 9.19. The van der Waals surface area contributed by atoms with Crippen LogP contribution in [0.1, 0.15) is 38.3 Å². The molecule has 0 saturated heterocycles. The summed E-state index contributed by atoms with van der Waals surface area (Å²) in [7, 11) is 0. The highest BCUT2D eigenvalue weighted by molar-refractivity contribution is 5.02. The van der Waals surface area contributed by atoms with Crippen molar-refractivity contribution < 1.29 is 0 Å². The van der Waals surface area contributed by atoms with E-state index in [1.165, 1.54) is 0 Å². The molecule has 0 amide bonds. The molecule has 0 bridgehead atoms. The largest absolute Gasteiger partial charge is 0.319 e. The molecule has 4 nitrogen and oxygen atoms in total. The van der Waals surface area contributed by atoms with Gasteiger partial charge in [0.1, 0.15) is 5.82 Å². The van der Waals surface area contributed by atoms with Gasteiger partial charge in [-0.15, -0.1) is 0 Å². The average molecular weight is 168 g/mol. The summed E-state index contributed by atoms with van der Waals surface area (Å²) >= 11 is 0. The second kappa shape index (κ2) is 3.23. The first-order chi connectivity index (χ1) is 5.56. The summed E-state index contributed by atoms with van der Waals surface area (Å²) in [5.74, 6) is 1.53. The van der Waals surface area contributed by atoms with E-state index in [1.54, 1.807) is 0 Å². The van der Waals surface area contributed by atoms with Gasteiger partial charge in [0.05, 0.1) is 5.54 Å². The third kappa shape index (κ3) is 1.82. The maximum absolute atomic E-state index is 6.02. The van der Waals surface area contributed by atoms with Crippen LogP contribution >= 0.6 is 0 Å². The van der Waals surface area contributed by atoms with Gasteiger partial charge in [-0.2, -0.15) is 5.10 Å². The zero-order valence-electron chi connectivity index (χ0n) is 7.89. The van der Waals surface area contributed by atoms with Crippen molar-refractivity contribution in [2.75, 3.05) is 0 Å². The van der Waals surface area contributed by atoms with Crippen LogP contribution in [0.2, 0.25) is 0 Å². The summed E-state index contributed by atoms with van der Waals surface area (Å²) in [5, 5.41) is 6.84. The molecular formula is C8H16N4. The molecule has 1 rings (SSSR count). The summed E-state index contributed by atoms with van der Waals surface area (Å²) < 4.78 is 0. The van der Waals surface area contributed by atoms with E-state index in [-0.39, 0.29) is 5.54 Å². The molecular weight excluding hydrogens is 152 g/mol. The van der Waals surface area contributed by atoms with Crippen LogP contribution in [0.25, 0.3) is 0 Å². The van der Waals surface area contributed by atoms with E-state index in [1.807, 2.05) is 13.8 Å². The minimum Gasteiger partial charge on any atom is -0.319 e. The zero-order valence-corrected chi connectivity index (χ0v) is 7.89. The van der Waals surface area contributed by atoms with E-state index in [4.69, 9.17) is 5.73 Å². The molecule has 0 fully saturated rings. The molecule has 1 atom stereocenters. The van der Waals surface area contributed by atoms with E-state index < -0.39 is 0 Å². The maximum Gasteiger partial charge on any atom is 0.170 e. The number of aromatic nitrogens is 3. The van der Waals surface area contributed by atoms with E-state index in [0.717, 1.165) is 18.7 Å². The molecule has 4 heteroatoms. The van der Waals surface area contributed by atoms with Gasteiger partial charge in [-0.3, -0.25) is 5.10 Å². The van der Waals surface area contributed by atoms with Crippen LogP contribution in [0.5, 0.6) is 0 Å². The molecule has 0 spiro atoms. The van der Waals surface area contributed by atoms with Crippen LogP contribution in [-0.2, 0) is 5.54 Å². The average Bonchev–Trinajstić information content (AvgIpc) is 2.36. The fourth-order valence-electron chi connectivity index (χ4n) is 1.23. The minimum atomic E-state index is -0.389. The van der Waals surface area contributed by atoms with E-state index in [0.29, 0.717) is 5.82 Å². The number of aromatic amines is 1. The van der Waals surface area contributed by atoms with Crippen molar-refractivity contribution in [2.45, 2.75) is 39.2 Å². The lowest BCUT2D eigenvalue weighted by atomic mass is 9.97. The van der Waals surface area contributed by atoms with Crippen molar-refractivity contribution in [1.29, 1.82) is 0 Å². The quantitative estimate of drug-likeness (QED) is 0.709. The molecule has 1 aromatic rings. The number of nitrogens with two attached hydrogens (primary N) is 1. The van der Waals surface area contributed by atoms with Crippen LogP contribution < -0.4 is 5.73 Å². The van der Waals surface area contributed by atoms with Crippen molar-refractivity contribution in [2.24, 2.45) is 5.73 Å². The lowest BCUT2D eigenvalue weighted by Gasteiger charge is -2.19. The van der Waals surface area contributed by atoms with Crippen LogP contribution in [0.15, 0.2) is 0 Å². The Hall–Kier alpha value is -0.900. The third-order valence-corrected chi connectivity index (χ3v) is 1.88. The smallest absolute Gasteiger partial charge is 0.170 e. The maximum atomic E-state index is 6.02. The number of nitrogens with one attached hydrogen (secondary N) is 1. The van der Waals surface area contributed by atoms with E-state index in [2.05, 4.69) is 22.1 Å². The predicted molar refractivity (Wildman–Crippen MR) is 47.6 cm³/mol. The molecule has 0 aliphatic carbocycles. The van der Waals surface area contributed by atoms with Gasteiger partial charge in [-0.05, 0) is 20.3 Å². The zero-order chi connectivity index (χ0) is 9.19. The molecule has 3 N–H and O–H groups in total. The van der Waals surface area contributed by atoms with Gasteiger partial charge in [-0.25, -0.2) is 4.98 Å². The number of aryl methyl sites for hydroxylation is 1. The Morgan fingerprint density at radius 1 is 1.58 bits per heavy atom. The van der Waals surface area contributed by atoms with Gasteiger partial charge in [0, 0.05) is 0 Å². The van der Waals surface area contributed by atoms with Gasteiger partial charge in [0.15, 0.2) is 5.82 Å². The Morgan fingerprint density at radius 2 is 2.25 bits per heavy atom. The SMILES string of the molecule is CCCC(C)(N)c1n[nH]c(C)n1. The minimum absolute atomic E-state index is 0.389. The molecule has 0 saturated carbocycles. The first-order valence-electron chi connectivity index (χ1n) is 4.24. The fourth-order valence-corrected chi connectivity index (χ4v) is 1.23. The number of rotatable bonds is 3. The number of nitrogens with zero attached hydrogens (tertiary/aromatic N) is 2. The van der Waals surface area contributed by atoms with Crippen molar-refractivity contribution in [3.8, 4) is 0 Å². The number of H-pyrrole nitrogens is 1. The molecule has 68 valence electrons. The van der Waals surface area contributed by atoms with Crippen LogP contribution in [0.3, 0.4) is 0 Å². The molecule has 12 heavy (non-hydrogen) atoms. The summed E-state index contributed by atoms with van der Waals surface area (Å²) in [6.45, 7) is 5.93. The fraction of sp³-hybridized carbons (Fsp3) is 0.750. The highest BCUT2D eigenvalue weighted by Crippen LogP contribution is 2.18. The van der Waals surface area contributed by atoms with E-state index in [9.17, 15) is 0 Å². The molecule has 0 aliphatic heterocycles. The Labute approximate surface area is 72.6 Å². The van der Waals surface area contributed by atoms with Gasteiger partial charge in [0.25, 0.3) is 0 Å². The molecule has 1 heterocycles. The monoisotopic (exact) mass is 168 g/mol. The topological polar surface area (TPSA) is 67.6 Å². The first-order valence-corrected chi connectivity index (χ1v) is 4.24. The molecule has 1 aromatic heterocycles. The Bertz CT molecular complexity index is 251. The molecule has 0 radical (unpaired) electrons. The Balaban J connectivity index is 2.81. The van der Waals surface area contributed by atoms with Crippen molar-refractivity contribution in [3.63, 3.8) is 0 Å². The number of hydrogen-bond acceptors (Lipinski definition) is 3. The highest BCUT2D eigenvalue weighted by atomic mass is 15.2. The summed E-state index contributed by atoms with van der Waals surface area (Å²) in [4.78, 5) is 4.21. The third-order valence-electron chi connectivity index (χ3n) is 1.88. The van der Waals surface area contributed by atoms with Gasteiger partial charge < -0.3 is 5.73 Å². The van der Waals surface area contributed by atoms with Gasteiger partial charge >= 0.3 is 0 Å². The summed E-state index contributed by atoms with van der Waals surface area (Å²) in [6, 6.07) is 0.